The minimum Gasteiger partial charge on any atom is -0.354 e. The molecule has 0 bridgehead atoms. The number of guanidine groups is 1. The monoisotopic (exact) mass is 490 g/mol. The molecule has 1 aromatic heterocycles. The Hall–Kier alpha value is -1.78. The van der Waals surface area contributed by atoms with Crippen LogP contribution in [0.2, 0.25) is 0 Å². The van der Waals surface area contributed by atoms with Crippen LogP contribution in [-0.2, 0) is 20.1 Å². The molecule has 1 saturated carbocycles. The van der Waals surface area contributed by atoms with E-state index in [2.05, 4.69) is 25.8 Å². The highest BCUT2D eigenvalue weighted by molar-refractivity contribution is 14.0. The maximum atomic E-state index is 13.8. The first-order chi connectivity index (χ1) is 12.5. The van der Waals surface area contributed by atoms with E-state index in [0.29, 0.717) is 18.5 Å². The molecule has 27 heavy (non-hydrogen) atoms. The lowest BCUT2D eigenvalue weighted by molar-refractivity contribution is 0.583. The minimum atomic E-state index is -0.468. The smallest absolute Gasteiger partial charge is 0.192 e. The molecule has 6 nitrogen and oxygen atoms in total. The zero-order valence-electron chi connectivity index (χ0n) is 15.5. The highest BCUT2D eigenvalue weighted by Crippen LogP contribution is 2.17. The fraction of sp³-hybridized carbons (Fsp3) is 0.500. The summed E-state index contributed by atoms with van der Waals surface area (Å²) in [6, 6.07) is 3.76. The Balaban J connectivity index is 0.00000261. The van der Waals surface area contributed by atoms with Crippen LogP contribution in [0, 0.1) is 18.6 Å². The van der Waals surface area contributed by atoms with Crippen LogP contribution in [0.4, 0.5) is 8.78 Å². The zero-order chi connectivity index (χ0) is 18.5. The van der Waals surface area contributed by atoms with Gasteiger partial charge in [-0.15, -0.1) is 34.2 Å². The van der Waals surface area contributed by atoms with Crippen molar-refractivity contribution in [2.24, 2.45) is 12.0 Å². The molecule has 1 aliphatic rings. The third-order valence-corrected chi connectivity index (χ3v) is 4.71. The molecule has 0 saturated heterocycles. The summed E-state index contributed by atoms with van der Waals surface area (Å²) in [6.45, 7) is 2.39. The van der Waals surface area contributed by atoms with Gasteiger partial charge in [-0.1, -0.05) is 12.8 Å². The van der Waals surface area contributed by atoms with Gasteiger partial charge in [0.1, 0.15) is 17.5 Å². The molecule has 0 atom stereocenters. The number of nitrogens with zero attached hydrogens (tertiary/aromatic N) is 4. The first-order valence-corrected chi connectivity index (χ1v) is 8.86. The average Bonchev–Trinajstić information content (AvgIpc) is 3.24. The molecule has 1 aromatic carbocycles. The molecule has 1 heterocycles. The second-order valence-electron chi connectivity index (χ2n) is 6.60. The summed E-state index contributed by atoms with van der Waals surface area (Å²) in [4.78, 5) is 4.44. The Kier molecular flexibility index (Phi) is 7.93. The molecule has 0 amide bonds. The highest BCUT2D eigenvalue weighted by atomic mass is 127. The van der Waals surface area contributed by atoms with Crippen molar-refractivity contribution in [2.75, 3.05) is 0 Å². The number of aliphatic imine (C=N–C) groups is 1. The Morgan fingerprint density at radius 1 is 1.26 bits per heavy atom. The molecule has 1 fully saturated rings. The highest BCUT2D eigenvalue weighted by Gasteiger charge is 2.17. The summed E-state index contributed by atoms with van der Waals surface area (Å²) in [5.74, 6) is 1.25. The standard InChI is InChI=1S/C18H24F2N6.HI/c1-12-24-25-17(26(12)2)11-22-18(23-15-5-3-4-6-15)21-10-13-9-14(19)7-8-16(13)20;/h7-9,15H,3-6,10-11H2,1-2H3,(H2,21,22,23);1H. The predicted octanol–water partition coefficient (Wildman–Crippen LogP) is 3.20. The van der Waals surface area contributed by atoms with Gasteiger partial charge in [-0.25, -0.2) is 13.8 Å². The lowest BCUT2D eigenvalue weighted by Crippen LogP contribution is -2.42. The van der Waals surface area contributed by atoms with Gasteiger partial charge in [0.2, 0.25) is 0 Å². The van der Waals surface area contributed by atoms with E-state index < -0.39 is 11.6 Å². The summed E-state index contributed by atoms with van der Waals surface area (Å²) >= 11 is 0. The Morgan fingerprint density at radius 2 is 2.00 bits per heavy atom. The SMILES string of the molecule is Cc1nnc(CNC(=NCc2cc(F)ccc2F)NC2CCCC2)n1C.I. The van der Waals surface area contributed by atoms with E-state index in [1.807, 2.05) is 18.5 Å². The van der Waals surface area contributed by atoms with Crippen molar-refractivity contribution in [1.29, 1.82) is 0 Å². The summed E-state index contributed by atoms with van der Waals surface area (Å²) in [5, 5.41) is 14.8. The van der Waals surface area contributed by atoms with Crippen LogP contribution >= 0.6 is 24.0 Å². The maximum absolute atomic E-state index is 13.8. The molecular formula is C18H25F2IN6. The number of rotatable bonds is 5. The lowest BCUT2D eigenvalue weighted by Gasteiger charge is -2.17. The summed E-state index contributed by atoms with van der Waals surface area (Å²) < 4.78 is 29.1. The van der Waals surface area contributed by atoms with Crippen molar-refractivity contribution in [1.82, 2.24) is 25.4 Å². The second kappa shape index (κ2) is 9.95. The summed E-state index contributed by atoms with van der Waals surface area (Å²) in [7, 11) is 1.90. The van der Waals surface area contributed by atoms with Crippen molar-refractivity contribution >= 4 is 29.9 Å². The normalized spacial score (nSPS) is 14.9. The Bertz CT molecular complexity index is 786. The van der Waals surface area contributed by atoms with E-state index in [-0.39, 0.29) is 36.1 Å². The molecule has 0 aliphatic heterocycles. The number of aryl methyl sites for hydroxylation is 1. The molecule has 1 aliphatic carbocycles. The molecule has 3 rings (SSSR count). The molecular weight excluding hydrogens is 465 g/mol. The molecule has 9 heteroatoms. The first kappa shape index (κ1) is 21.5. The number of halogens is 3. The van der Waals surface area contributed by atoms with E-state index >= 15 is 0 Å². The van der Waals surface area contributed by atoms with Gasteiger partial charge in [-0.2, -0.15) is 0 Å². The van der Waals surface area contributed by atoms with Crippen LogP contribution in [-0.4, -0.2) is 26.8 Å². The van der Waals surface area contributed by atoms with Gasteiger partial charge in [0.15, 0.2) is 11.8 Å². The third kappa shape index (κ3) is 5.85. The van der Waals surface area contributed by atoms with Crippen molar-refractivity contribution < 1.29 is 8.78 Å². The van der Waals surface area contributed by atoms with Crippen LogP contribution in [0.15, 0.2) is 23.2 Å². The summed E-state index contributed by atoms with van der Waals surface area (Å²) in [6.07, 6.45) is 4.54. The van der Waals surface area contributed by atoms with Crippen LogP contribution in [0.5, 0.6) is 0 Å². The first-order valence-electron chi connectivity index (χ1n) is 8.86. The number of benzene rings is 1. The molecule has 2 aromatic rings. The predicted molar refractivity (Wildman–Crippen MR) is 111 cm³/mol. The van der Waals surface area contributed by atoms with Gasteiger partial charge in [0.05, 0.1) is 13.1 Å². The molecule has 0 radical (unpaired) electrons. The second-order valence-corrected chi connectivity index (χ2v) is 6.60. The largest absolute Gasteiger partial charge is 0.354 e. The Labute approximate surface area is 174 Å². The van der Waals surface area contributed by atoms with Crippen molar-refractivity contribution in [3.05, 3.63) is 47.0 Å². The van der Waals surface area contributed by atoms with E-state index in [9.17, 15) is 8.78 Å². The fourth-order valence-electron chi connectivity index (χ4n) is 3.01. The number of hydrogen-bond acceptors (Lipinski definition) is 3. The van der Waals surface area contributed by atoms with Crippen molar-refractivity contribution in [3.8, 4) is 0 Å². The molecule has 2 N–H and O–H groups in total. The van der Waals surface area contributed by atoms with Crippen LogP contribution < -0.4 is 10.6 Å². The fourth-order valence-corrected chi connectivity index (χ4v) is 3.01. The minimum absolute atomic E-state index is 0. The van der Waals surface area contributed by atoms with Gasteiger partial charge in [0.25, 0.3) is 0 Å². The van der Waals surface area contributed by atoms with Gasteiger partial charge in [-0.05, 0) is 38.0 Å². The molecule has 0 unspecified atom stereocenters. The number of hydrogen-bond donors (Lipinski definition) is 2. The Morgan fingerprint density at radius 3 is 2.67 bits per heavy atom. The van der Waals surface area contributed by atoms with Crippen molar-refractivity contribution in [2.45, 2.75) is 51.7 Å². The quantitative estimate of drug-likeness (QED) is 0.384. The van der Waals surface area contributed by atoms with Crippen molar-refractivity contribution in [3.63, 3.8) is 0 Å². The maximum Gasteiger partial charge on any atom is 0.192 e. The van der Waals surface area contributed by atoms with E-state index in [0.717, 1.165) is 36.6 Å². The van der Waals surface area contributed by atoms with E-state index in [4.69, 9.17) is 0 Å². The van der Waals surface area contributed by atoms with Gasteiger partial charge in [0, 0.05) is 18.7 Å². The lowest BCUT2D eigenvalue weighted by atomic mass is 10.2. The number of aromatic nitrogens is 3. The van der Waals surface area contributed by atoms with Crippen LogP contribution in [0.25, 0.3) is 0 Å². The van der Waals surface area contributed by atoms with Crippen LogP contribution in [0.1, 0.15) is 42.9 Å². The zero-order valence-corrected chi connectivity index (χ0v) is 17.8. The van der Waals surface area contributed by atoms with Gasteiger partial charge < -0.3 is 15.2 Å². The molecule has 0 spiro atoms. The average molecular weight is 490 g/mol. The van der Waals surface area contributed by atoms with E-state index in [1.54, 1.807) is 0 Å². The van der Waals surface area contributed by atoms with Crippen LogP contribution in [0.3, 0.4) is 0 Å². The van der Waals surface area contributed by atoms with Gasteiger partial charge >= 0.3 is 0 Å². The topological polar surface area (TPSA) is 67.1 Å². The molecule has 148 valence electrons. The number of nitrogens with one attached hydrogen (secondary N) is 2. The van der Waals surface area contributed by atoms with Gasteiger partial charge in [-0.3, -0.25) is 0 Å². The van der Waals surface area contributed by atoms with E-state index in [1.165, 1.54) is 18.9 Å². The summed E-state index contributed by atoms with van der Waals surface area (Å²) in [5.41, 5.74) is 0.229. The third-order valence-electron chi connectivity index (χ3n) is 4.71.